The van der Waals surface area contributed by atoms with Crippen molar-refractivity contribution in [3.05, 3.63) is 47.3 Å². The maximum absolute atomic E-state index is 14.6. The molecule has 2 saturated heterocycles. The molecule has 0 aromatic heterocycles. The Labute approximate surface area is 240 Å². The number of esters is 1. The molecule has 1 N–H and O–H groups in total. The number of amides is 1. The number of nitrogens with zero attached hydrogens (tertiary/aromatic N) is 2. The maximum atomic E-state index is 14.6. The molecule has 226 valence electrons. The number of morpholine rings is 1. The molecule has 0 aliphatic carbocycles. The second-order valence-electron chi connectivity index (χ2n) is 11.5. The SMILES string of the molecule is C/C(=C\c1cc(F)cc(N2CCOCC2)c1)[C@H]1OC(=O)C[C@H](O)CC[C@H](C)[C@@H](OC(=O)N2CC[C@@H](F)C2)/C=C\[C@@H]1C. The van der Waals surface area contributed by atoms with Crippen molar-refractivity contribution in [3.63, 3.8) is 0 Å². The average Bonchev–Trinajstić information content (AvgIpc) is 3.38. The first-order valence-corrected chi connectivity index (χ1v) is 14.6. The van der Waals surface area contributed by atoms with Crippen LogP contribution < -0.4 is 4.90 Å². The summed E-state index contributed by atoms with van der Waals surface area (Å²) in [6.07, 6.45) is 2.62. The molecular weight excluding hydrogens is 534 g/mol. The van der Waals surface area contributed by atoms with Crippen LogP contribution in [-0.4, -0.2) is 85.9 Å². The Bertz CT molecular complexity index is 1120. The lowest BCUT2D eigenvalue weighted by Gasteiger charge is -2.29. The first-order valence-electron chi connectivity index (χ1n) is 14.6. The van der Waals surface area contributed by atoms with Crippen molar-refractivity contribution in [1.82, 2.24) is 4.90 Å². The van der Waals surface area contributed by atoms with Gasteiger partial charge in [0.2, 0.25) is 0 Å². The maximum Gasteiger partial charge on any atom is 0.410 e. The van der Waals surface area contributed by atoms with Crippen molar-refractivity contribution in [2.24, 2.45) is 11.8 Å². The van der Waals surface area contributed by atoms with Gasteiger partial charge in [-0.25, -0.2) is 13.6 Å². The van der Waals surface area contributed by atoms with E-state index in [-0.39, 0.29) is 30.6 Å². The molecule has 2 fully saturated rings. The van der Waals surface area contributed by atoms with Gasteiger partial charge in [-0.2, -0.15) is 0 Å². The molecule has 0 bridgehead atoms. The van der Waals surface area contributed by atoms with Crippen LogP contribution in [0.2, 0.25) is 0 Å². The third-order valence-corrected chi connectivity index (χ3v) is 8.01. The van der Waals surface area contributed by atoms with Crippen LogP contribution in [0.1, 0.15) is 52.0 Å². The Hall–Kier alpha value is -2.98. The predicted octanol–water partition coefficient (Wildman–Crippen LogP) is 4.90. The molecule has 3 aliphatic heterocycles. The standard InChI is InChI=1S/C31H42F2N2O6/c1-20-4-6-27(36)18-29(37)41-30(21(2)5-7-28(20)40-31(38)35-9-8-24(32)19-35)22(3)14-23-15-25(33)17-26(16-23)34-10-12-39-13-11-34/h5,7,14-17,20-21,24,27-28,30,36H,4,6,8-13,18-19H2,1-3H3/b7-5-,22-14+/t20-,21-,24+,27+,28-,30-/m0/s1. The molecule has 41 heavy (non-hydrogen) atoms. The zero-order valence-corrected chi connectivity index (χ0v) is 24.1. The number of cyclic esters (lactones) is 1. The third-order valence-electron chi connectivity index (χ3n) is 8.01. The number of anilines is 1. The van der Waals surface area contributed by atoms with Crippen LogP contribution in [0.15, 0.2) is 35.9 Å². The molecule has 4 rings (SSSR count). The van der Waals surface area contributed by atoms with Crippen LogP contribution in [0.25, 0.3) is 6.08 Å². The molecular formula is C31H42F2N2O6. The second-order valence-corrected chi connectivity index (χ2v) is 11.5. The van der Waals surface area contributed by atoms with Crippen molar-refractivity contribution >= 4 is 23.8 Å². The van der Waals surface area contributed by atoms with E-state index in [2.05, 4.69) is 4.90 Å². The molecule has 3 aliphatic rings. The molecule has 0 unspecified atom stereocenters. The average molecular weight is 577 g/mol. The van der Waals surface area contributed by atoms with E-state index in [1.807, 2.05) is 32.9 Å². The number of aliphatic hydroxyl groups is 1. The summed E-state index contributed by atoms with van der Waals surface area (Å²) in [5, 5.41) is 10.5. The van der Waals surface area contributed by atoms with E-state index in [1.165, 1.54) is 17.0 Å². The number of carbonyl (C=O) groups is 2. The van der Waals surface area contributed by atoms with Gasteiger partial charge in [-0.1, -0.05) is 26.0 Å². The Morgan fingerprint density at radius 2 is 1.85 bits per heavy atom. The fraction of sp³-hybridized carbons (Fsp3) is 0.613. The molecule has 10 heteroatoms. The van der Waals surface area contributed by atoms with E-state index in [0.717, 1.165) is 5.69 Å². The summed E-state index contributed by atoms with van der Waals surface area (Å²) in [6, 6.07) is 4.84. The third kappa shape index (κ3) is 8.75. The minimum atomic E-state index is -1.05. The normalized spacial score (nSPS) is 31.2. The molecule has 0 saturated carbocycles. The Balaban J connectivity index is 1.57. The molecule has 8 nitrogen and oxygen atoms in total. The van der Waals surface area contributed by atoms with Gasteiger partial charge in [-0.05, 0) is 67.5 Å². The number of halogens is 2. The summed E-state index contributed by atoms with van der Waals surface area (Å²) in [7, 11) is 0. The highest BCUT2D eigenvalue weighted by molar-refractivity contribution is 5.71. The molecule has 6 atom stereocenters. The summed E-state index contributed by atoms with van der Waals surface area (Å²) in [5.41, 5.74) is 2.10. The van der Waals surface area contributed by atoms with Gasteiger partial charge in [0.05, 0.1) is 32.3 Å². The van der Waals surface area contributed by atoms with Gasteiger partial charge >= 0.3 is 12.1 Å². The number of hydrogen-bond donors (Lipinski definition) is 1. The van der Waals surface area contributed by atoms with Crippen LogP contribution >= 0.6 is 0 Å². The number of alkyl halides is 1. The monoisotopic (exact) mass is 576 g/mol. The topological polar surface area (TPSA) is 88.5 Å². The molecule has 1 aromatic carbocycles. The van der Waals surface area contributed by atoms with Crippen molar-refractivity contribution in [2.75, 3.05) is 44.3 Å². The van der Waals surface area contributed by atoms with E-state index in [4.69, 9.17) is 14.2 Å². The lowest BCUT2D eigenvalue weighted by molar-refractivity contribution is -0.151. The summed E-state index contributed by atoms with van der Waals surface area (Å²) >= 11 is 0. The lowest BCUT2D eigenvalue weighted by Crippen LogP contribution is -2.36. The van der Waals surface area contributed by atoms with Gasteiger partial charge in [0.1, 0.15) is 24.2 Å². The largest absolute Gasteiger partial charge is 0.457 e. The zero-order valence-electron chi connectivity index (χ0n) is 24.1. The van der Waals surface area contributed by atoms with Crippen LogP contribution in [0.5, 0.6) is 0 Å². The van der Waals surface area contributed by atoms with Gasteiger partial charge in [0.15, 0.2) is 0 Å². The first-order chi connectivity index (χ1) is 19.6. The van der Waals surface area contributed by atoms with Gasteiger partial charge in [0, 0.05) is 31.2 Å². The van der Waals surface area contributed by atoms with Gasteiger partial charge < -0.3 is 29.1 Å². The fourth-order valence-electron chi connectivity index (χ4n) is 5.55. The Kier molecular flexibility index (Phi) is 10.8. The van der Waals surface area contributed by atoms with Crippen molar-refractivity contribution in [1.29, 1.82) is 0 Å². The minimum Gasteiger partial charge on any atom is -0.457 e. The van der Waals surface area contributed by atoms with Crippen molar-refractivity contribution in [3.8, 4) is 0 Å². The molecule has 3 heterocycles. The minimum absolute atomic E-state index is 0.0219. The predicted molar refractivity (Wildman–Crippen MR) is 152 cm³/mol. The number of benzene rings is 1. The van der Waals surface area contributed by atoms with E-state index in [1.54, 1.807) is 12.2 Å². The first kappa shape index (κ1) is 31.0. The lowest BCUT2D eigenvalue weighted by atomic mass is 9.91. The summed E-state index contributed by atoms with van der Waals surface area (Å²) in [5.74, 6) is -1.35. The summed E-state index contributed by atoms with van der Waals surface area (Å²) in [4.78, 5) is 29.0. The van der Waals surface area contributed by atoms with Gasteiger partial charge in [-0.15, -0.1) is 0 Å². The van der Waals surface area contributed by atoms with E-state index in [9.17, 15) is 23.5 Å². The van der Waals surface area contributed by atoms with Crippen molar-refractivity contribution in [2.45, 2.75) is 70.9 Å². The van der Waals surface area contributed by atoms with Crippen LogP contribution in [0.4, 0.5) is 19.3 Å². The van der Waals surface area contributed by atoms with Gasteiger partial charge in [-0.3, -0.25) is 4.79 Å². The summed E-state index contributed by atoms with van der Waals surface area (Å²) < 4.78 is 45.3. The van der Waals surface area contributed by atoms with Crippen molar-refractivity contribution < 1.29 is 37.7 Å². The number of hydrogen-bond acceptors (Lipinski definition) is 7. The van der Waals surface area contributed by atoms with Crippen LogP contribution in [0.3, 0.4) is 0 Å². The number of carbonyl (C=O) groups excluding carboxylic acids is 2. The quantitative estimate of drug-likeness (QED) is 0.403. The molecule has 1 amide bonds. The fourth-order valence-corrected chi connectivity index (χ4v) is 5.55. The van der Waals surface area contributed by atoms with E-state index >= 15 is 0 Å². The van der Waals surface area contributed by atoms with Crippen LogP contribution in [0, 0.1) is 17.7 Å². The zero-order chi connectivity index (χ0) is 29.5. The number of ether oxygens (including phenoxy) is 3. The molecule has 0 spiro atoms. The molecule has 0 radical (unpaired) electrons. The Morgan fingerprint density at radius 1 is 1.10 bits per heavy atom. The number of rotatable bonds is 4. The highest BCUT2D eigenvalue weighted by atomic mass is 19.1. The van der Waals surface area contributed by atoms with E-state index < -0.39 is 36.5 Å². The van der Waals surface area contributed by atoms with Gasteiger partial charge in [0.25, 0.3) is 0 Å². The van der Waals surface area contributed by atoms with E-state index in [0.29, 0.717) is 63.2 Å². The highest BCUT2D eigenvalue weighted by Gasteiger charge is 2.31. The number of aliphatic hydroxyl groups excluding tert-OH is 1. The molecule has 1 aromatic rings. The highest BCUT2D eigenvalue weighted by Crippen LogP contribution is 2.28. The summed E-state index contributed by atoms with van der Waals surface area (Å²) in [6.45, 7) is 8.48. The second kappa shape index (κ2) is 14.3. The smallest absolute Gasteiger partial charge is 0.410 e. The number of likely N-dealkylation sites (tertiary alicyclic amines) is 1. The Morgan fingerprint density at radius 3 is 2.56 bits per heavy atom. The van der Waals surface area contributed by atoms with Crippen LogP contribution in [-0.2, 0) is 19.0 Å².